The number of aromatic nitrogens is 3. The van der Waals surface area contributed by atoms with Crippen LogP contribution in [0.2, 0.25) is 0 Å². The predicted octanol–water partition coefficient (Wildman–Crippen LogP) is 2.62. The first kappa shape index (κ1) is 22.6. The summed E-state index contributed by atoms with van der Waals surface area (Å²) in [6.07, 6.45) is 6.13. The van der Waals surface area contributed by atoms with Crippen LogP contribution in [0.5, 0.6) is 0 Å². The number of pyridine rings is 2. The summed E-state index contributed by atoms with van der Waals surface area (Å²) in [7, 11) is 5.69. The lowest BCUT2D eigenvalue weighted by atomic mass is 10.0. The van der Waals surface area contributed by atoms with Gasteiger partial charge in [0.25, 0.3) is 5.91 Å². The summed E-state index contributed by atoms with van der Waals surface area (Å²) < 4.78 is 0. The summed E-state index contributed by atoms with van der Waals surface area (Å²) in [5.41, 5.74) is 2.59. The Hall–Kier alpha value is -3.17. The molecule has 0 aliphatic carbocycles. The first-order valence-electron chi connectivity index (χ1n) is 12.1. The molecule has 5 heterocycles. The number of H-pyrrole nitrogens is 1. The number of piperazine rings is 1. The number of amides is 1. The molecule has 9 heteroatoms. The molecular weight excluding hydrogens is 428 g/mol. The number of nitrogens with zero attached hydrogens (tertiary/aromatic N) is 6. The molecule has 1 amide bonds. The van der Waals surface area contributed by atoms with E-state index < -0.39 is 0 Å². The highest BCUT2D eigenvalue weighted by Crippen LogP contribution is 2.25. The predicted molar refractivity (Wildman–Crippen MR) is 136 cm³/mol. The molecule has 0 unspecified atom stereocenters. The highest BCUT2D eigenvalue weighted by Gasteiger charge is 2.26. The third kappa shape index (κ3) is 4.85. The number of hydrogen-bond donors (Lipinski definition) is 2. The van der Waals surface area contributed by atoms with Crippen LogP contribution in [0.25, 0.3) is 10.9 Å². The maximum atomic E-state index is 12.2. The zero-order valence-corrected chi connectivity index (χ0v) is 20.3. The lowest BCUT2D eigenvalue weighted by molar-refractivity contribution is 0.0823. The van der Waals surface area contributed by atoms with Crippen LogP contribution in [0.1, 0.15) is 23.3 Å². The number of aromatic amines is 1. The summed E-state index contributed by atoms with van der Waals surface area (Å²) in [4.78, 5) is 33.6. The Balaban J connectivity index is 1.18. The second-order valence-corrected chi connectivity index (χ2v) is 9.62. The van der Waals surface area contributed by atoms with Gasteiger partial charge in [-0.05, 0) is 38.1 Å². The number of nitrogens with one attached hydrogen (secondary N) is 2. The summed E-state index contributed by atoms with van der Waals surface area (Å²) >= 11 is 0. The first-order valence-corrected chi connectivity index (χ1v) is 12.1. The molecule has 0 aromatic carbocycles. The number of anilines is 3. The number of piperidine rings is 1. The van der Waals surface area contributed by atoms with E-state index in [1.165, 1.54) is 44.7 Å². The zero-order valence-electron chi connectivity index (χ0n) is 20.3. The molecule has 0 bridgehead atoms. The first-order chi connectivity index (χ1) is 16.5. The summed E-state index contributed by atoms with van der Waals surface area (Å²) in [5.74, 6) is 1.38. The number of rotatable bonds is 5. The molecule has 2 fully saturated rings. The standard InChI is InChI=1S/C25H34N8O/c1-30(2)25(34)22-14-18-16-26-24(15-21(18)28-22)29-23-5-4-20(17-27-23)32-8-6-19(7-9-32)33-12-10-31(3)11-13-33/h4-5,14-17,19,28H,6-13H2,1-3H3,(H,26,27,29). The molecule has 3 aromatic rings. The molecule has 2 saturated heterocycles. The van der Waals surface area contributed by atoms with Gasteiger partial charge in [-0.2, -0.15) is 0 Å². The van der Waals surface area contributed by atoms with E-state index in [1.807, 2.05) is 24.4 Å². The Labute approximate surface area is 200 Å². The molecule has 0 atom stereocenters. The lowest BCUT2D eigenvalue weighted by Crippen LogP contribution is -2.52. The van der Waals surface area contributed by atoms with Gasteiger partial charge in [-0.3, -0.25) is 9.69 Å². The quantitative estimate of drug-likeness (QED) is 0.603. The normalized spacial score (nSPS) is 18.4. The second-order valence-electron chi connectivity index (χ2n) is 9.62. The Bertz CT molecular complexity index is 1130. The van der Waals surface area contributed by atoms with Gasteiger partial charge in [-0.15, -0.1) is 0 Å². The van der Waals surface area contributed by atoms with Gasteiger partial charge in [-0.25, -0.2) is 9.97 Å². The SMILES string of the molecule is CN1CCN(C2CCN(c3ccc(Nc4cc5[nH]c(C(=O)N(C)C)cc5cn4)nc3)CC2)CC1. The van der Waals surface area contributed by atoms with E-state index in [0.717, 1.165) is 29.8 Å². The molecule has 2 aliphatic rings. The van der Waals surface area contributed by atoms with Crippen LogP contribution in [-0.4, -0.2) is 102 Å². The molecule has 0 saturated carbocycles. The van der Waals surface area contributed by atoms with Crippen molar-refractivity contribution in [2.24, 2.45) is 0 Å². The molecular formula is C25H34N8O. The number of hydrogen-bond acceptors (Lipinski definition) is 7. The minimum Gasteiger partial charge on any atom is -0.370 e. The van der Waals surface area contributed by atoms with E-state index in [4.69, 9.17) is 0 Å². The fourth-order valence-corrected chi connectivity index (χ4v) is 4.90. The summed E-state index contributed by atoms with van der Waals surface area (Å²) in [6.45, 7) is 6.89. The van der Waals surface area contributed by atoms with Crippen LogP contribution in [-0.2, 0) is 0 Å². The van der Waals surface area contributed by atoms with Gasteiger partial charge >= 0.3 is 0 Å². The molecule has 2 N–H and O–H groups in total. The molecule has 5 rings (SSSR count). The Morgan fingerprint density at radius 1 is 1.00 bits per heavy atom. The van der Waals surface area contributed by atoms with Crippen LogP contribution in [0.15, 0.2) is 36.7 Å². The van der Waals surface area contributed by atoms with Crippen LogP contribution < -0.4 is 10.2 Å². The molecule has 34 heavy (non-hydrogen) atoms. The van der Waals surface area contributed by atoms with Crippen LogP contribution in [0, 0.1) is 0 Å². The average Bonchev–Trinajstić information content (AvgIpc) is 3.28. The number of carbonyl (C=O) groups excluding carboxylic acids is 1. The second kappa shape index (κ2) is 9.60. The van der Waals surface area contributed by atoms with E-state index in [0.29, 0.717) is 17.6 Å². The van der Waals surface area contributed by atoms with Gasteiger partial charge in [0.2, 0.25) is 0 Å². The van der Waals surface area contributed by atoms with Crippen molar-refractivity contribution >= 4 is 34.1 Å². The van der Waals surface area contributed by atoms with Crippen molar-refractivity contribution in [1.29, 1.82) is 0 Å². The van der Waals surface area contributed by atoms with E-state index in [9.17, 15) is 4.79 Å². The highest BCUT2D eigenvalue weighted by molar-refractivity contribution is 5.98. The van der Waals surface area contributed by atoms with Gasteiger partial charge in [0.15, 0.2) is 0 Å². The van der Waals surface area contributed by atoms with E-state index in [2.05, 4.69) is 48.1 Å². The van der Waals surface area contributed by atoms with Crippen molar-refractivity contribution in [1.82, 2.24) is 29.7 Å². The van der Waals surface area contributed by atoms with Crippen molar-refractivity contribution in [3.05, 3.63) is 42.4 Å². The third-order valence-corrected chi connectivity index (χ3v) is 7.03. The summed E-state index contributed by atoms with van der Waals surface area (Å²) in [6, 6.07) is 8.58. The van der Waals surface area contributed by atoms with Crippen molar-refractivity contribution in [3.63, 3.8) is 0 Å². The van der Waals surface area contributed by atoms with Crippen molar-refractivity contribution < 1.29 is 4.79 Å². The van der Waals surface area contributed by atoms with E-state index in [1.54, 1.807) is 25.2 Å². The Morgan fingerprint density at radius 2 is 1.74 bits per heavy atom. The molecule has 9 nitrogen and oxygen atoms in total. The maximum absolute atomic E-state index is 12.2. The van der Waals surface area contributed by atoms with Gasteiger partial charge < -0.3 is 25.0 Å². The van der Waals surface area contributed by atoms with E-state index in [-0.39, 0.29) is 5.91 Å². The molecule has 3 aromatic heterocycles. The maximum Gasteiger partial charge on any atom is 0.269 e. The minimum atomic E-state index is -0.0597. The zero-order chi connectivity index (χ0) is 23.7. The van der Waals surface area contributed by atoms with Gasteiger partial charge in [0.05, 0.1) is 17.4 Å². The van der Waals surface area contributed by atoms with Crippen LogP contribution in [0.4, 0.5) is 17.3 Å². The molecule has 180 valence electrons. The Kier molecular flexibility index (Phi) is 6.38. The number of carbonyl (C=O) groups is 1. The molecule has 2 aliphatic heterocycles. The largest absolute Gasteiger partial charge is 0.370 e. The van der Waals surface area contributed by atoms with Crippen molar-refractivity contribution in [2.45, 2.75) is 18.9 Å². The number of fused-ring (bicyclic) bond motifs is 1. The summed E-state index contributed by atoms with van der Waals surface area (Å²) in [5, 5.41) is 4.18. The smallest absolute Gasteiger partial charge is 0.269 e. The fraction of sp³-hybridized carbons (Fsp3) is 0.480. The molecule has 0 spiro atoms. The van der Waals surface area contributed by atoms with E-state index >= 15 is 0 Å². The highest BCUT2D eigenvalue weighted by atomic mass is 16.2. The Morgan fingerprint density at radius 3 is 2.41 bits per heavy atom. The lowest BCUT2D eigenvalue weighted by Gasteiger charge is -2.42. The van der Waals surface area contributed by atoms with Crippen molar-refractivity contribution in [3.8, 4) is 0 Å². The number of likely N-dealkylation sites (N-methyl/N-ethyl adjacent to an activating group) is 1. The third-order valence-electron chi connectivity index (χ3n) is 7.03. The minimum absolute atomic E-state index is 0.0597. The van der Waals surface area contributed by atoms with Gasteiger partial charge in [0.1, 0.15) is 17.3 Å². The monoisotopic (exact) mass is 462 g/mol. The van der Waals surface area contributed by atoms with Crippen molar-refractivity contribution in [2.75, 3.05) is 70.6 Å². The van der Waals surface area contributed by atoms with Crippen LogP contribution in [0.3, 0.4) is 0 Å². The molecule has 0 radical (unpaired) electrons. The van der Waals surface area contributed by atoms with Crippen LogP contribution >= 0.6 is 0 Å². The topological polar surface area (TPSA) is 83.6 Å². The van der Waals surface area contributed by atoms with Gasteiger partial charge in [-0.1, -0.05) is 0 Å². The fourth-order valence-electron chi connectivity index (χ4n) is 4.90. The van der Waals surface area contributed by atoms with Gasteiger partial charge in [0, 0.05) is 77.1 Å². The average molecular weight is 463 g/mol.